The van der Waals surface area contributed by atoms with E-state index in [1.165, 1.54) is 0 Å². The van der Waals surface area contributed by atoms with Gasteiger partial charge in [0.05, 0.1) is 35.5 Å². The number of fused-ring (bicyclic) bond motifs is 7. The van der Waals surface area contributed by atoms with Gasteiger partial charge in [-0.05, 0) is 97.8 Å². The topological polar surface area (TPSA) is 112 Å². The van der Waals surface area contributed by atoms with Crippen LogP contribution in [-0.4, -0.2) is 64.6 Å². The Labute approximate surface area is 289 Å². The molecule has 14 atom stereocenters. The first-order valence-electron chi connectivity index (χ1n) is 18.6. The van der Waals surface area contributed by atoms with Gasteiger partial charge in [0.15, 0.2) is 5.79 Å². The molecule has 8 nitrogen and oxygen atoms in total. The average Bonchev–Trinajstić information content (AvgIpc) is 3.54. The number of aliphatic hydroxyl groups excluding tert-OH is 1. The van der Waals surface area contributed by atoms with E-state index in [1.54, 1.807) is 48.5 Å². The Bertz CT molecular complexity index is 1560. The standard InChI is InChI=1S/C41H52O8/c1-24-15-18-41(46-23-24)25(2)35-31(49-41)20-30-28-19-34(42)40(45)22-33(48-37(44)27-13-9-6-10-14-27)32(47-36(43)26-11-7-5-8-12-26)21-39(40,4)29(28)16-17-38(30,35)3/h5-14,24-25,28-35,42,45H,15-23H2,1-4H3/t24-,25-,28+,29+,30-,31-,32+,33+,34+,35+,38-,39+,40+,41-/m0/s1. The molecular formula is C41H52O8. The summed E-state index contributed by atoms with van der Waals surface area (Å²) in [6.45, 7) is 9.85. The van der Waals surface area contributed by atoms with Crippen LogP contribution in [0.25, 0.3) is 0 Å². The molecule has 49 heavy (non-hydrogen) atoms. The van der Waals surface area contributed by atoms with Crippen molar-refractivity contribution in [2.75, 3.05) is 6.61 Å². The Morgan fingerprint density at radius 1 is 0.816 bits per heavy atom. The molecule has 2 aliphatic heterocycles. The van der Waals surface area contributed by atoms with Gasteiger partial charge in [-0.3, -0.25) is 0 Å². The number of rotatable bonds is 4. The fourth-order valence-corrected chi connectivity index (χ4v) is 12.1. The van der Waals surface area contributed by atoms with Gasteiger partial charge in [0.2, 0.25) is 0 Å². The van der Waals surface area contributed by atoms with Gasteiger partial charge in [0, 0.05) is 24.2 Å². The number of hydrogen-bond acceptors (Lipinski definition) is 8. The minimum atomic E-state index is -1.52. The number of ether oxygens (including phenoxy) is 4. The van der Waals surface area contributed by atoms with Gasteiger partial charge in [-0.2, -0.15) is 0 Å². The lowest BCUT2D eigenvalue weighted by molar-refractivity contribution is -0.286. The lowest BCUT2D eigenvalue weighted by atomic mass is 9.42. The number of esters is 2. The van der Waals surface area contributed by atoms with E-state index >= 15 is 0 Å². The molecular weight excluding hydrogens is 620 g/mol. The van der Waals surface area contributed by atoms with E-state index in [4.69, 9.17) is 18.9 Å². The molecule has 6 aliphatic rings. The Morgan fingerprint density at radius 3 is 2.02 bits per heavy atom. The summed E-state index contributed by atoms with van der Waals surface area (Å²) in [5.41, 5.74) is -1.47. The van der Waals surface area contributed by atoms with Crippen LogP contribution in [0.3, 0.4) is 0 Å². The first kappa shape index (κ1) is 33.4. The van der Waals surface area contributed by atoms with Crippen LogP contribution >= 0.6 is 0 Å². The zero-order valence-electron chi connectivity index (χ0n) is 29.3. The molecule has 2 N–H and O–H groups in total. The molecule has 0 bridgehead atoms. The van der Waals surface area contributed by atoms with Gasteiger partial charge in [0.25, 0.3) is 0 Å². The van der Waals surface area contributed by atoms with E-state index in [1.807, 2.05) is 12.1 Å². The molecule has 8 heteroatoms. The van der Waals surface area contributed by atoms with Gasteiger partial charge in [-0.25, -0.2) is 9.59 Å². The molecule has 8 rings (SSSR count). The lowest BCUT2D eigenvalue weighted by Crippen LogP contribution is -2.71. The number of hydrogen-bond donors (Lipinski definition) is 2. The molecule has 4 aliphatic carbocycles. The van der Waals surface area contributed by atoms with Crippen molar-refractivity contribution in [2.45, 2.75) is 115 Å². The van der Waals surface area contributed by atoms with Crippen LogP contribution in [0.15, 0.2) is 60.7 Å². The summed E-state index contributed by atoms with van der Waals surface area (Å²) in [5, 5.41) is 24.7. The highest BCUT2D eigenvalue weighted by Crippen LogP contribution is 2.72. The monoisotopic (exact) mass is 672 g/mol. The van der Waals surface area contributed by atoms with Gasteiger partial charge in [-0.1, -0.05) is 64.1 Å². The van der Waals surface area contributed by atoms with Crippen molar-refractivity contribution in [3.05, 3.63) is 71.8 Å². The smallest absolute Gasteiger partial charge is 0.338 e. The predicted molar refractivity (Wildman–Crippen MR) is 181 cm³/mol. The molecule has 0 amide bonds. The highest BCUT2D eigenvalue weighted by Gasteiger charge is 2.73. The normalized spacial score (nSPS) is 47.0. The van der Waals surface area contributed by atoms with Crippen molar-refractivity contribution in [3.63, 3.8) is 0 Å². The van der Waals surface area contributed by atoms with Gasteiger partial charge >= 0.3 is 11.9 Å². The summed E-state index contributed by atoms with van der Waals surface area (Å²) in [4.78, 5) is 26.8. The molecule has 4 saturated carbocycles. The number of aliphatic hydroxyl groups is 2. The van der Waals surface area contributed by atoms with Crippen LogP contribution in [0, 0.1) is 46.3 Å². The fraction of sp³-hybridized carbons (Fsp3) is 0.659. The molecule has 0 radical (unpaired) electrons. The summed E-state index contributed by atoms with van der Waals surface area (Å²) in [5.74, 6) is 0.296. The highest BCUT2D eigenvalue weighted by molar-refractivity contribution is 5.90. The van der Waals surface area contributed by atoms with Crippen molar-refractivity contribution in [2.24, 2.45) is 46.3 Å². The van der Waals surface area contributed by atoms with Crippen molar-refractivity contribution in [1.82, 2.24) is 0 Å². The number of carbonyl (C=O) groups is 2. The summed E-state index contributed by atoms with van der Waals surface area (Å²) < 4.78 is 25.7. The molecule has 2 heterocycles. The Kier molecular flexibility index (Phi) is 8.10. The predicted octanol–water partition coefficient (Wildman–Crippen LogP) is 6.58. The van der Waals surface area contributed by atoms with Crippen LogP contribution in [0.5, 0.6) is 0 Å². The lowest BCUT2D eigenvalue weighted by Gasteiger charge is -2.66. The average molecular weight is 673 g/mol. The molecule has 264 valence electrons. The molecule has 2 aromatic carbocycles. The SMILES string of the molecule is C[C@H]1CC[C@]2(OC1)O[C@H]1C[C@H]3[C@@H]4C[C@@H](O)[C@]5(O)C[C@@H](OC(=O)c6ccccc6)[C@H](OC(=O)c6ccccc6)C[C@]5(C)[C@@H]4CC[C@]3(C)[C@@H]1[C@@H]2C. The summed E-state index contributed by atoms with van der Waals surface area (Å²) in [6, 6.07) is 17.5. The van der Waals surface area contributed by atoms with Crippen LogP contribution in [-0.2, 0) is 18.9 Å². The van der Waals surface area contributed by atoms with Crippen LogP contribution < -0.4 is 0 Å². The zero-order chi connectivity index (χ0) is 34.3. The van der Waals surface area contributed by atoms with Gasteiger partial charge < -0.3 is 29.2 Å². The van der Waals surface area contributed by atoms with Crippen molar-refractivity contribution in [3.8, 4) is 0 Å². The zero-order valence-corrected chi connectivity index (χ0v) is 29.3. The third-order valence-electron chi connectivity index (χ3n) is 14.6. The van der Waals surface area contributed by atoms with E-state index < -0.39 is 47.1 Å². The second kappa shape index (κ2) is 11.9. The minimum absolute atomic E-state index is 0.00912. The maximum absolute atomic E-state index is 13.5. The summed E-state index contributed by atoms with van der Waals surface area (Å²) in [7, 11) is 0. The summed E-state index contributed by atoms with van der Waals surface area (Å²) in [6.07, 6.45) is 3.05. The van der Waals surface area contributed by atoms with E-state index in [0.29, 0.717) is 35.3 Å². The first-order valence-corrected chi connectivity index (χ1v) is 18.6. The fourth-order valence-electron chi connectivity index (χ4n) is 12.1. The van der Waals surface area contributed by atoms with Crippen molar-refractivity contribution >= 4 is 11.9 Å². The minimum Gasteiger partial charge on any atom is -0.455 e. The van der Waals surface area contributed by atoms with Gasteiger partial charge in [-0.15, -0.1) is 0 Å². The quantitative estimate of drug-likeness (QED) is 0.351. The Hall–Kier alpha value is -2.78. The Morgan fingerprint density at radius 2 is 1.43 bits per heavy atom. The largest absolute Gasteiger partial charge is 0.455 e. The molecule has 2 aromatic rings. The molecule has 1 spiro atoms. The number of benzene rings is 2. The third kappa shape index (κ3) is 5.06. The molecule has 6 fully saturated rings. The second-order valence-corrected chi connectivity index (χ2v) is 17.0. The van der Waals surface area contributed by atoms with Gasteiger partial charge in [0.1, 0.15) is 12.2 Å². The van der Waals surface area contributed by atoms with Crippen LogP contribution in [0.4, 0.5) is 0 Å². The van der Waals surface area contributed by atoms with Crippen molar-refractivity contribution in [1.29, 1.82) is 0 Å². The maximum Gasteiger partial charge on any atom is 0.338 e. The van der Waals surface area contributed by atoms with E-state index in [9.17, 15) is 19.8 Å². The second-order valence-electron chi connectivity index (χ2n) is 17.0. The number of carbonyl (C=O) groups excluding carboxylic acids is 2. The van der Waals surface area contributed by atoms with Crippen LogP contribution in [0.2, 0.25) is 0 Å². The molecule has 0 unspecified atom stereocenters. The third-order valence-corrected chi connectivity index (χ3v) is 14.6. The van der Waals surface area contributed by atoms with E-state index in [0.717, 1.165) is 38.7 Å². The van der Waals surface area contributed by atoms with E-state index in [2.05, 4.69) is 27.7 Å². The van der Waals surface area contributed by atoms with Crippen LogP contribution in [0.1, 0.15) is 99.8 Å². The Balaban J connectivity index is 1.08. The first-order chi connectivity index (χ1) is 23.4. The molecule has 0 aromatic heterocycles. The highest BCUT2D eigenvalue weighted by atomic mass is 16.7. The van der Waals surface area contributed by atoms with Crippen molar-refractivity contribution < 1.29 is 38.7 Å². The maximum atomic E-state index is 13.5. The van der Waals surface area contributed by atoms with E-state index in [-0.39, 0.29) is 42.1 Å². The molecule has 2 saturated heterocycles. The summed E-state index contributed by atoms with van der Waals surface area (Å²) >= 11 is 0.